The van der Waals surface area contributed by atoms with E-state index in [-0.39, 0.29) is 11.9 Å². The second-order valence-electron chi connectivity index (χ2n) is 4.16. The number of esters is 2. The van der Waals surface area contributed by atoms with Crippen molar-refractivity contribution in [2.75, 3.05) is 14.2 Å². The Kier molecular flexibility index (Phi) is 19.1. The van der Waals surface area contributed by atoms with E-state index in [0.29, 0.717) is 5.56 Å². The minimum Gasteiger partial charge on any atom is -0.469 e. The first-order valence-corrected chi connectivity index (χ1v) is 10.8. The Morgan fingerprint density at radius 1 is 0.741 bits per heavy atom. The number of carbonyl (C=O) groups is 2. The molecule has 0 bridgehead atoms. The molecule has 0 saturated carbocycles. The molecule has 0 atom stereocenters. The third-order valence-corrected chi connectivity index (χ3v) is 5.00. The van der Waals surface area contributed by atoms with Crippen molar-refractivity contribution in [3.63, 3.8) is 0 Å². The van der Waals surface area contributed by atoms with Gasteiger partial charge in [-0.25, -0.2) is 4.79 Å². The van der Waals surface area contributed by atoms with Gasteiger partial charge in [-0.2, -0.15) is 0 Å². The van der Waals surface area contributed by atoms with E-state index in [4.69, 9.17) is 4.74 Å². The highest BCUT2D eigenvalue weighted by molar-refractivity contribution is 8.76. The molecule has 0 fully saturated rings. The Labute approximate surface area is 171 Å². The highest BCUT2D eigenvalue weighted by atomic mass is 33.1. The molecule has 0 aliphatic rings. The molecule has 0 spiro atoms. The molecule has 2 aromatic rings. The predicted molar refractivity (Wildman–Crippen MR) is 116 cm³/mol. The van der Waals surface area contributed by atoms with Crippen molar-refractivity contribution in [2.45, 2.75) is 44.4 Å². The molecule has 27 heavy (non-hydrogen) atoms. The average Bonchev–Trinajstić information content (AvgIpc) is 2.76. The maximum Gasteiger partial charge on any atom is 0.339 e. The lowest BCUT2D eigenvalue weighted by molar-refractivity contribution is -0.137. The molecule has 2 aromatic carbocycles. The normalized spacial score (nSPS) is 8.41. The lowest BCUT2D eigenvalue weighted by atomic mass is 10.2. The Balaban J connectivity index is 0. The molecule has 0 aliphatic carbocycles. The van der Waals surface area contributed by atoms with Gasteiger partial charge in [0, 0.05) is 16.7 Å². The monoisotopic (exact) mass is 410 g/mol. The van der Waals surface area contributed by atoms with Crippen LogP contribution in [0.2, 0.25) is 0 Å². The first-order chi connectivity index (χ1) is 13.1. The minimum absolute atomic E-state index is 0.245. The topological polar surface area (TPSA) is 52.6 Å². The number of carbonyl (C=O) groups excluding carboxylic acids is 2. The van der Waals surface area contributed by atoms with Gasteiger partial charge in [0.05, 0.1) is 19.8 Å². The largest absolute Gasteiger partial charge is 0.469 e. The fourth-order valence-corrected chi connectivity index (χ4v) is 3.54. The molecule has 150 valence electrons. The van der Waals surface area contributed by atoms with Crippen molar-refractivity contribution in [2.24, 2.45) is 0 Å². The second kappa shape index (κ2) is 18.9. The third-order valence-electron chi connectivity index (χ3n) is 2.55. The molecule has 4 nitrogen and oxygen atoms in total. The van der Waals surface area contributed by atoms with Crippen LogP contribution in [0.5, 0.6) is 0 Å². The van der Waals surface area contributed by atoms with Crippen LogP contribution in [0.15, 0.2) is 64.4 Å². The highest BCUT2D eigenvalue weighted by Crippen LogP contribution is 2.38. The van der Waals surface area contributed by atoms with Gasteiger partial charge in [-0.1, -0.05) is 79.6 Å². The van der Waals surface area contributed by atoms with E-state index in [1.54, 1.807) is 27.7 Å². The molecular formula is C21H30O4S2. The minimum atomic E-state index is -0.299. The summed E-state index contributed by atoms with van der Waals surface area (Å²) in [6.45, 7) is 9.36. The van der Waals surface area contributed by atoms with Crippen molar-refractivity contribution in [3.8, 4) is 0 Å². The van der Waals surface area contributed by atoms with E-state index < -0.39 is 0 Å². The van der Waals surface area contributed by atoms with Gasteiger partial charge in [0.15, 0.2) is 0 Å². The summed E-state index contributed by atoms with van der Waals surface area (Å²) >= 11 is 0. The van der Waals surface area contributed by atoms with Crippen LogP contribution >= 0.6 is 21.6 Å². The number of benzene rings is 2. The van der Waals surface area contributed by atoms with Gasteiger partial charge in [0.25, 0.3) is 0 Å². The Bertz CT molecular complexity index is 631. The van der Waals surface area contributed by atoms with Gasteiger partial charge in [0.1, 0.15) is 0 Å². The van der Waals surface area contributed by atoms with Crippen molar-refractivity contribution in [3.05, 3.63) is 60.2 Å². The molecule has 0 aliphatic heterocycles. The van der Waals surface area contributed by atoms with Crippen LogP contribution in [0.1, 0.15) is 45.0 Å². The lowest BCUT2D eigenvalue weighted by Crippen LogP contribution is -2.02. The molecule has 0 amide bonds. The van der Waals surface area contributed by atoms with Crippen LogP contribution in [0, 0.1) is 0 Å². The van der Waals surface area contributed by atoms with Crippen LogP contribution in [-0.2, 0) is 14.3 Å². The van der Waals surface area contributed by atoms with E-state index in [9.17, 15) is 9.59 Å². The summed E-state index contributed by atoms with van der Waals surface area (Å²) in [4.78, 5) is 23.3. The highest BCUT2D eigenvalue weighted by Gasteiger charge is 2.11. The van der Waals surface area contributed by atoms with Crippen LogP contribution in [0.25, 0.3) is 0 Å². The first-order valence-electron chi connectivity index (χ1n) is 8.70. The van der Waals surface area contributed by atoms with E-state index in [2.05, 4.69) is 4.74 Å². The fraction of sp³-hybridized carbons (Fsp3) is 0.333. The fourth-order valence-electron chi connectivity index (χ4n) is 1.39. The number of ether oxygens (including phenoxy) is 2. The molecular weight excluding hydrogens is 380 g/mol. The summed E-state index contributed by atoms with van der Waals surface area (Å²) in [5.41, 5.74) is 0.605. The first kappa shape index (κ1) is 27.3. The van der Waals surface area contributed by atoms with Gasteiger partial charge in [0.2, 0.25) is 0 Å². The van der Waals surface area contributed by atoms with Gasteiger partial charge in [-0.15, -0.1) is 0 Å². The Morgan fingerprint density at radius 3 is 1.70 bits per heavy atom. The zero-order valence-electron chi connectivity index (χ0n) is 17.1. The van der Waals surface area contributed by atoms with Crippen LogP contribution < -0.4 is 0 Å². The molecule has 2 rings (SSSR count). The predicted octanol–water partition coefficient (Wildman–Crippen LogP) is 6.50. The molecule has 0 saturated heterocycles. The number of methoxy groups -OCH3 is 2. The molecule has 0 N–H and O–H groups in total. The van der Waals surface area contributed by atoms with Crippen LogP contribution in [-0.4, -0.2) is 26.2 Å². The van der Waals surface area contributed by atoms with Crippen LogP contribution in [0.3, 0.4) is 0 Å². The van der Waals surface area contributed by atoms with Gasteiger partial charge >= 0.3 is 11.9 Å². The van der Waals surface area contributed by atoms with Crippen molar-refractivity contribution in [1.29, 1.82) is 0 Å². The Morgan fingerprint density at radius 2 is 1.22 bits per heavy atom. The summed E-state index contributed by atoms with van der Waals surface area (Å²) in [6, 6.07) is 17.5. The smallest absolute Gasteiger partial charge is 0.339 e. The summed E-state index contributed by atoms with van der Waals surface area (Å²) in [5.74, 6) is -0.545. The number of hydrogen-bond donors (Lipinski definition) is 0. The van der Waals surface area contributed by atoms with E-state index in [1.165, 1.54) is 21.1 Å². The second-order valence-corrected chi connectivity index (χ2v) is 6.41. The zero-order valence-corrected chi connectivity index (χ0v) is 18.8. The van der Waals surface area contributed by atoms with E-state index in [1.807, 2.05) is 76.2 Å². The number of rotatable bonds is 4. The van der Waals surface area contributed by atoms with Gasteiger partial charge < -0.3 is 9.47 Å². The summed E-state index contributed by atoms with van der Waals surface area (Å²) in [7, 11) is 5.93. The van der Waals surface area contributed by atoms with E-state index >= 15 is 0 Å². The van der Waals surface area contributed by atoms with Crippen LogP contribution in [0.4, 0.5) is 0 Å². The summed E-state index contributed by atoms with van der Waals surface area (Å²) in [5, 5.41) is 0. The standard InChI is InChI=1S/C14H12O2S2.C3H6O2.2C2H6/c1-16-14(15)12-9-5-6-10-13(12)18-17-11-7-3-2-4-8-11;1-3(4)5-2;2*1-2/h2-10H,1H3;1-2H3;2*1-2H3. The molecule has 0 heterocycles. The van der Waals surface area contributed by atoms with Crippen molar-refractivity contribution < 1.29 is 19.1 Å². The van der Waals surface area contributed by atoms with Crippen molar-refractivity contribution >= 4 is 33.5 Å². The average molecular weight is 411 g/mol. The molecule has 0 aromatic heterocycles. The van der Waals surface area contributed by atoms with E-state index in [0.717, 1.165) is 9.79 Å². The van der Waals surface area contributed by atoms with Crippen molar-refractivity contribution in [1.82, 2.24) is 0 Å². The van der Waals surface area contributed by atoms with Gasteiger partial charge in [-0.3, -0.25) is 4.79 Å². The maximum absolute atomic E-state index is 11.6. The zero-order chi connectivity index (χ0) is 21.1. The van der Waals surface area contributed by atoms with Gasteiger partial charge in [-0.05, 0) is 24.3 Å². The SMILES string of the molecule is CC.CC.COC(=O)c1ccccc1SSc1ccccc1.COC(C)=O. The maximum atomic E-state index is 11.6. The molecule has 0 unspecified atom stereocenters. The lowest BCUT2D eigenvalue weighted by Gasteiger charge is -2.06. The molecule has 0 radical (unpaired) electrons. The quantitative estimate of drug-likeness (QED) is 0.423. The summed E-state index contributed by atoms with van der Waals surface area (Å²) < 4.78 is 8.88. The molecule has 6 heteroatoms. The number of hydrogen-bond acceptors (Lipinski definition) is 6. The third kappa shape index (κ3) is 13.0. The Hall–Kier alpha value is -1.92. The summed E-state index contributed by atoms with van der Waals surface area (Å²) in [6.07, 6.45) is 0.